The number of amides is 1. The molecule has 0 aromatic heterocycles. The van der Waals surface area contributed by atoms with Gasteiger partial charge in [0.05, 0.1) is 12.7 Å². The number of hydrogen-bond donors (Lipinski definition) is 1. The standard InChI is InChI=1S/C22H26ClNO2/c1-14-4-7-19(23)12-21(14)22(25)24-20-8-5-17(6-9-20)11-18-10-15(2)16(3)26-13-18/h4-9,12,15-16,18H,10-11,13H2,1-3H3,(H,24,25). The van der Waals surface area contributed by atoms with E-state index in [0.717, 1.165) is 24.3 Å². The number of benzene rings is 2. The average molecular weight is 372 g/mol. The molecule has 0 saturated carbocycles. The average Bonchev–Trinajstić information content (AvgIpc) is 2.62. The summed E-state index contributed by atoms with van der Waals surface area (Å²) in [7, 11) is 0. The summed E-state index contributed by atoms with van der Waals surface area (Å²) >= 11 is 6.01. The van der Waals surface area contributed by atoms with Crippen molar-refractivity contribution in [2.24, 2.45) is 11.8 Å². The van der Waals surface area contributed by atoms with Crippen LogP contribution in [0.1, 0.15) is 41.8 Å². The molecule has 2 aromatic rings. The number of carbonyl (C=O) groups is 1. The van der Waals surface area contributed by atoms with Gasteiger partial charge in [-0.15, -0.1) is 0 Å². The molecule has 3 rings (SSSR count). The van der Waals surface area contributed by atoms with Crippen molar-refractivity contribution in [3.8, 4) is 0 Å². The molecule has 1 aliphatic heterocycles. The first kappa shape index (κ1) is 18.9. The van der Waals surface area contributed by atoms with E-state index in [1.165, 1.54) is 12.0 Å². The highest BCUT2D eigenvalue weighted by Crippen LogP contribution is 2.27. The molecule has 0 aliphatic carbocycles. The van der Waals surface area contributed by atoms with Crippen LogP contribution in [-0.2, 0) is 11.2 Å². The van der Waals surface area contributed by atoms with Gasteiger partial charge in [-0.2, -0.15) is 0 Å². The summed E-state index contributed by atoms with van der Waals surface area (Å²) in [5.74, 6) is 1.03. The Bertz CT molecular complexity index is 772. The molecule has 0 spiro atoms. The maximum atomic E-state index is 12.5. The van der Waals surface area contributed by atoms with Crippen molar-refractivity contribution in [3.63, 3.8) is 0 Å². The van der Waals surface area contributed by atoms with E-state index < -0.39 is 0 Å². The molecule has 1 heterocycles. The van der Waals surface area contributed by atoms with Gasteiger partial charge in [-0.05, 0) is 73.9 Å². The predicted molar refractivity (Wildman–Crippen MR) is 107 cm³/mol. The van der Waals surface area contributed by atoms with Crippen LogP contribution in [0.3, 0.4) is 0 Å². The van der Waals surface area contributed by atoms with E-state index in [2.05, 4.69) is 31.3 Å². The number of nitrogens with one attached hydrogen (secondary N) is 1. The minimum atomic E-state index is -0.138. The Kier molecular flexibility index (Phi) is 6.00. The number of carbonyl (C=O) groups excluding carboxylic acids is 1. The number of hydrogen-bond acceptors (Lipinski definition) is 2. The summed E-state index contributed by atoms with van der Waals surface area (Å²) < 4.78 is 5.85. The molecule has 2 aromatic carbocycles. The SMILES string of the molecule is Cc1ccc(Cl)cc1C(=O)Nc1ccc(CC2COC(C)C(C)C2)cc1. The molecule has 26 heavy (non-hydrogen) atoms. The molecule has 3 atom stereocenters. The topological polar surface area (TPSA) is 38.3 Å². The van der Waals surface area contributed by atoms with Crippen molar-refractivity contribution >= 4 is 23.2 Å². The zero-order chi connectivity index (χ0) is 18.7. The van der Waals surface area contributed by atoms with Gasteiger partial charge in [-0.1, -0.05) is 36.7 Å². The quantitative estimate of drug-likeness (QED) is 0.770. The van der Waals surface area contributed by atoms with Crippen LogP contribution in [-0.4, -0.2) is 18.6 Å². The molecular formula is C22H26ClNO2. The molecule has 0 radical (unpaired) electrons. The van der Waals surface area contributed by atoms with E-state index in [4.69, 9.17) is 16.3 Å². The first-order chi connectivity index (χ1) is 12.4. The Morgan fingerprint density at radius 2 is 1.92 bits per heavy atom. The number of aryl methyl sites for hydroxylation is 1. The lowest BCUT2D eigenvalue weighted by molar-refractivity contribution is -0.0397. The Labute approximate surface area is 160 Å². The molecule has 1 saturated heterocycles. The molecule has 1 aliphatic rings. The largest absolute Gasteiger partial charge is 0.378 e. The van der Waals surface area contributed by atoms with Crippen LogP contribution in [0.5, 0.6) is 0 Å². The molecular weight excluding hydrogens is 346 g/mol. The molecule has 1 amide bonds. The van der Waals surface area contributed by atoms with Crippen LogP contribution in [0.25, 0.3) is 0 Å². The Balaban J connectivity index is 1.61. The van der Waals surface area contributed by atoms with Gasteiger partial charge in [0.1, 0.15) is 0 Å². The van der Waals surface area contributed by atoms with Gasteiger partial charge in [0.15, 0.2) is 0 Å². The van der Waals surface area contributed by atoms with Crippen LogP contribution in [0, 0.1) is 18.8 Å². The van der Waals surface area contributed by atoms with Crippen LogP contribution in [0.2, 0.25) is 5.02 Å². The Morgan fingerprint density at radius 3 is 2.62 bits per heavy atom. The minimum absolute atomic E-state index is 0.138. The number of rotatable bonds is 4. The van der Waals surface area contributed by atoms with Crippen LogP contribution in [0.4, 0.5) is 5.69 Å². The lowest BCUT2D eigenvalue weighted by atomic mass is 9.86. The van der Waals surface area contributed by atoms with E-state index in [9.17, 15) is 4.79 Å². The summed E-state index contributed by atoms with van der Waals surface area (Å²) in [5, 5.41) is 3.51. The summed E-state index contributed by atoms with van der Waals surface area (Å²) in [6.45, 7) is 7.15. The number of anilines is 1. The molecule has 3 unspecified atom stereocenters. The normalized spacial score (nSPS) is 22.8. The molecule has 138 valence electrons. The smallest absolute Gasteiger partial charge is 0.255 e. The molecule has 4 heteroatoms. The van der Waals surface area contributed by atoms with E-state index in [-0.39, 0.29) is 5.91 Å². The lowest BCUT2D eigenvalue weighted by Gasteiger charge is -2.32. The third-order valence-electron chi connectivity index (χ3n) is 5.28. The summed E-state index contributed by atoms with van der Waals surface area (Å²) in [6, 6.07) is 13.4. The van der Waals surface area contributed by atoms with Crippen molar-refractivity contribution in [2.75, 3.05) is 11.9 Å². The van der Waals surface area contributed by atoms with Gasteiger partial charge in [-0.3, -0.25) is 4.79 Å². The zero-order valence-electron chi connectivity index (χ0n) is 15.6. The second kappa shape index (κ2) is 8.24. The van der Waals surface area contributed by atoms with Gasteiger partial charge >= 0.3 is 0 Å². The van der Waals surface area contributed by atoms with Crippen molar-refractivity contribution < 1.29 is 9.53 Å². The Hall–Kier alpha value is -1.84. The highest BCUT2D eigenvalue weighted by molar-refractivity contribution is 6.31. The van der Waals surface area contributed by atoms with Gasteiger partial charge in [0, 0.05) is 16.3 Å². The monoisotopic (exact) mass is 371 g/mol. The minimum Gasteiger partial charge on any atom is -0.378 e. The van der Waals surface area contributed by atoms with Gasteiger partial charge < -0.3 is 10.1 Å². The molecule has 1 N–H and O–H groups in total. The van der Waals surface area contributed by atoms with Crippen molar-refractivity contribution in [2.45, 2.75) is 39.7 Å². The van der Waals surface area contributed by atoms with Gasteiger partial charge in [0.2, 0.25) is 0 Å². The van der Waals surface area contributed by atoms with E-state index in [0.29, 0.717) is 28.5 Å². The number of halogens is 1. The molecule has 3 nitrogen and oxygen atoms in total. The fourth-order valence-electron chi connectivity index (χ4n) is 3.47. The fraction of sp³-hybridized carbons (Fsp3) is 0.409. The van der Waals surface area contributed by atoms with Gasteiger partial charge in [-0.25, -0.2) is 0 Å². The first-order valence-electron chi connectivity index (χ1n) is 9.20. The third-order valence-corrected chi connectivity index (χ3v) is 5.52. The van der Waals surface area contributed by atoms with Crippen LogP contribution >= 0.6 is 11.6 Å². The maximum absolute atomic E-state index is 12.5. The molecule has 0 bridgehead atoms. The van der Waals surface area contributed by atoms with E-state index in [1.807, 2.05) is 25.1 Å². The molecule has 1 fully saturated rings. The van der Waals surface area contributed by atoms with Crippen LogP contribution < -0.4 is 5.32 Å². The van der Waals surface area contributed by atoms with Crippen molar-refractivity contribution in [1.82, 2.24) is 0 Å². The van der Waals surface area contributed by atoms with Crippen molar-refractivity contribution in [1.29, 1.82) is 0 Å². The first-order valence-corrected chi connectivity index (χ1v) is 9.58. The predicted octanol–water partition coefficient (Wildman–Crippen LogP) is 5.50. The fourth-order valence-corrected chi connectivity index (χ4v) is 3.65. The Morgan fingerprint density at radius 1 is 1.19 bits per heavy atom. The lowest BCUT2D eigenvalue weighted by Crippen LogP contribution is -2.31. The summed E-state index contributed by atoms with van der Waals surface area (Å²) in [6.07, 6.45) is 2.57. The van der Waals surface area contributed by atoms with Crippen LogP contribution in [0.15, 0.2) is 42.5 Å². The number of ether oxygens (including phenoxy) is 1. The highest BCUT2D eigenvalue weighted by Gasteiger charge is 2.25. The van der Waals surface area contributed by atoms with E-state index >= 15 is 0 Å². The highest BCUT2D eigenvalue weighted by atomic mass is 35.5. The second-order valence-corrected chi connectivity index (χ2v) is 7.87. The summed E-state index contributed by atoms with van der Waals surface area (Å²) in [4.78, 5) is 12.5. The maximum Gasteiger partial charge on any atom is 0.255 e. The second-order valence-electron chi connectivity index (χ2n) is 7.43. The van der Waals surface area contributed by atoms with Crippen molar-refractivity contribution in [3.05, 3.63) is 64.2 Å². The van der Waals surface area contributed by atoms with Gasteiger partial charge in [0.25, 0.3) is 5.91 Å². The summed E-state index contributed by atoms with van der Waals surface area (Å²) in [5.41, 5.74) is 3.57. The third kappa shape index (κ3) is 4.66. The zero-order valence-corrected chi connectivity index (χ0v) is 16.3. The van der Waals surface area contributed by atoms with E-state index in [1.54, 1.807) is 12.1 Å².